The van der Waals surface area contributed by atoms with Gasteiger partial charge in [0.15, 0.2) is 0 Å². The normalized spacial score (nSPS) is 31.5. The zero-order valence-corrected chi connectivity index (χ0v) is 5.55. The molecule has 0 bridgehead atoms. The summed E-state index contributed by atoms with van der Waals surface area (Å²) in [6.45, 7) is 4.23. The lowest BCUT2D eigenvalue weighted by Gasteiger charge is -2.02. The van der Waals surface area contributed by atoms with Crippen molar-refractivity contribution in [1.29, 1.82) is 0 Å². The molecule has 1 saturated heterocycles. The van der Waals surface area contributed by atoms with E-state index in [0.29, 0.717) is 0 Å². The zero-order valence-electron chi connectivity index (χ0n) is 5.55. The molecule has 0 radical (unpaired) electrons. The van der Waals surface area contributed by atoms with Crippen LogP contribution in [0.1, 0.15) is 13.3 Å². The largest absolute Gasteiger partial charge is 0.299 e. The van der Waals surface area contributed by atoms with Crippen LogP contribution in [0.5, 0.6) is 0 Å². The van der Waals surface area contributed by atoms with E-state index in [4.69, 9.17) is 4.84 Å². The van der Waals surface area contributed by atoms with Gasteiger partial charge in [0.1, 0.15) is 0 Å². The predicted octanol–water partition coefficient (Wildman–Crippen LogP) is 0.890. The van der Waals surface area contributed by atoms with E-state index in [1.165, 1.54) is 6.42 Å². The van der Waals surface area contributed by atoms with Crippen molar-refractivity contribution in [2.75, 3.05) is 20.2 Å². The fourth-order valence-electron chi connectivity index (χ4n) is 0.949. The Bertz CT molecular complexity index is 74.9. The van der Waals surface area contributed by atoms with E-state index in [-0.39, 0.29) is 0 Å². The van der Waals surface area contributed by atoms with Crippen molar-refractivity contribution in [3.05, 3.63) is 0 Å². The van der Waals surface area contributed by atoms with Crippen molar-refractivity contribution in [3.63, 3.8) is 0 Å². The van der Waals surface area contributed by atoms with Crippen LogP contribution in [0, 0.1) is 5.92 Å². The molecule has 1 rings (SSSR count). The molecule has 0 saturated carbocycles. The number of rotatable bonds is 1. The summed E-state index contributed by atoms with van der Waals surface area (Å²) in [5, 5.41) is 1.91. The van der Waals surface area contributed by atoms with Crippen molar-refractivity contribution in [2.45, 2.75) is 13.3 Å². The molecule has 8 heavy (non-hydrogen) atoms. The van der Waals surface area contributed by atoms with E-state index in [9.17, 15) is 0 Å². The molecule has 1 aliphatic heterocycles. The molecule has 0 aliphatic carbocycles. The molecule has 0 N–H and O–H groups in total. The molecule has 0 aromatic rings. The van der Waals surface area contributed by atoms with Gasteiger partial charge in [0, 0.05) is 13.6 Å². The molecule has 1 aliphatic rings. The van der Waals surface area contributed by atoms with Crippen molar-refractivity contribution >= 4 is 0 Å². The van der Waals surface area contributed by atoms with Crippen LogP contribution >= 0.6 is 0 Å². The van der Waals surface area contributed by atoms with Crippen LogP contribution in [0.25, 0.3) is 0 Å². The molecule has 1 fully saturated rings. The van der Waals surface area contributed by atoms with Crippen molar-refractivity contribution in [2.24, 2.45) is 5.92 Å². The monoisotopic (exact) mass is 115 g/mol. The first-order chi connectivity index (χ1) is 3.83. The van der Waals surface area contributed by atoms with E-state index >= 15 is 0 Å². The summed E-state index contributed by atoms with van der Waals surface area (Å²) in [6.07, 6.45) is 1.24. The topological polar surface area (TPSA) is 12.5 Å². The Hall–Kier alpha value is -0.0800. The Morgan fingerprint density at radius 2 is 2.50 bits per heavy atom. The quantitative estimate of drug-likeness (QED) is 0.503. The fraction of sp³-hybridized carbons (Fsp3) is 1.00. The molecule has 1 unspecified atom stereocenters. The van der Waals surface area contributed by atoms with Gasteiger partial charge in [0.05, 0.1) is 6.61 Å². The Labute approximate surface area is 50.4 Å². The van der Waals surface area contributed by atoms with Crippen molar-refractivity contribution in [3.8, 4) is 0 Å². The molecule has 1 atom stereocenters. The van der Waals surface area contributed by atoms with Crippen LogP contribution < -0.4 is 0 Å². The first kappa shape index (κ1) is 6.05. The molecule has 2 heteroatoms. The molecule has 48 valence electrons. The van der Waals surface area contributed by atoms with Gasteiger partial charge in [0.2, 0.25) is 0 Å². The van der Waals surface area contributed by atoms with Gasteiger partial charge in [-0.05, 0) is 12.3 Å². The van der Waals surface area contributed by atoms with E-state index in [1.54, 1.807) is 0 Å². The Morgan fingerprint density at radius 3 is 2.75 bits per heavy atom. The minimum Gasteiger partial charge on any atom is -0.299 e. The average Bonchev–Trinajstić information content (AvgIpc) is 2.14. The summed E-state index contributed by atoms with van der Waals surface area (Å²) in [7, 11) is 1.98. The van der Waals surface area contributed by atoms with E-state index in [1.807, 2.05) is 12.1 Å². The van der Waals surface area contributed by atoms with Crippen molar-refractivity contribution in [1.82, 2.24) is 5.06 Å². The molecule has 2 nitrogen and oxygen atoms in total. The Balaban J connectivity index is 2.22. The minimum atomic E-state index is 0.778. The lowest BCUT2D eigenvalue weighted by molar-refractivity contribution is -0.0872. The third-order valence-corrected chi connectivity index (χ3v) is 1.62. The molecule has 0 aromatic heterocycles. The highest BCUT2D eigenvalue weighted by atomic mass is 16.7. The lowest BCUT2D eigenvalue weighted by Crippen LogP contribution is -2.11. The van der Waals surface area contributed by atoms with Crippen LogP contribution in [0.2, 0.25) is 0 Å². The summed E-state index contributed by atoms with van der Waals surface area (Å²) in [5.74, 6) is 0.778. The summed E-state index contributed by atoms with van der Waals surface area (Å²) in [4.78, 5) is 5.19. The van der Waals surface area contributed by atoms with Crippen molar-refractivity contribution < 1.29 is 4.84 Å². The van der Waals surface area contributed by atoms with Crippen LogP contribution in [0.4, 0.5) is 0 Å². The van der Waals surface area contributed by atoms with Crippen LogP contribution in [-0.4, -0.2) is 25.3 Å². The van der Waals surface area contributed by atoms with Gasteiger partial charge in [0.25, 0.3) is 0 Å². The standard InChI is InChI=1S/C6H13NO/c1-3-6-4-7(2)8-5-6/h6H,3-5H2,1-2H3. The molecule has 1 heterocycles. The highest BCUT2D eigenvalue weighted by Gasteiger charge is 2.17. The maximum absolute atomic E-state index is 5.19. The van der Waals surface area contributed by atoms with Gasteiger partial charge in [-0.2, -0.15) is 5.06 Å². The third-order valence-electron chi connectivity index (χ3n) is 1.62. The highest BCUT2D eigenvalue weighted by Crippen LogP contribution is 2.12. The van der Waals surface area contributed by atoms with Gasteiger partial charge >= 0.3 is 0 Å². The first-order valence-corrected chi connectivity index (χ1v) is 3.17. The van der Waals surface area contributed by atoms with Gasteiger partial charge in [-0.15, -0.1) is 0 Å². The maximum atomic E-state index is 5.19. The van der Waals surface area contributed by atoms with Gasteiger partial charge in [-0.25, -0.2) is 0 Å². The predicted molar refractivity (Wildman–Crippen MR) is 32.4 cm³/mol. The number of hydrogen-bond acceptors (Lipinski definition) is 2. The first-order valence-electron chi connectivity index (χ1n) is 3.17. The SMILES string of the molecule is CCC1CON(C)C1. The molecule has 0 amide bonds. The smallest absolute Gasteiger partial charge is 0.0726 e. The second-order valence-electron chi connectivity index (χ2n) is 2.38. The fourth-order valence-corrected chi connectivity index (χ4v) is 0.949. The van der Waals surface area contributed by atoms with Gasteiger partial charge in [-0.1, -0.05) is 6.92 Å². The number of nitrogens with zero attached hydrogens (tertiary/aromatic N) is 1. The molecular weight excluding hydrogens is 102 g/mol. The Morgan fingerprint density at radius 1 is 1.75 bits per heavy atom. The van der Waals surface area contributed by atoms with E-state index in [0.717, 1.165) is 19.1 Å². The summed E-state index contributed by atoms with van der Waals surface area (Å²) >= 11 is 0. The van der Waals surface area contributed by atoms with Gasteiger partial charge in [-0.3, -0.25) is 4.84 Å². The highest BCUT2D eigenvalue weighted by molar-refractivity contribution is 4.61. The Kier molecular flexibility index (Phi) is 1.86. The van der Waals surface area contributed by atoms with Gasteiger partial charge < -0.3 is 0 Å². The van der Waals surface area contributed by atoms with Crippen LogP contribution in [0.3, 0.4) is 0 Å². The molecular formula is C6H13NO. The minimum absolute atomic E-state index is 0.778. The second-order valence-corrected chi connectivity index (χ2v) is 2.38. The maximum Gasteiger partial charge on any atom is 0.0726 e. The summed E-state index contributed by atoms with van der Waals surface area (Å²) in [5.41, 5.74) is 0. The number of hydroxylamine groups is 2. The van der Waals surface area contributed by atoms with Crippen LogP contribution in [-0.2, 0) is 4.84 Å². The van der Waals surface area contributed by atoms with E-state index in [2.05, 4.69) is 6.92 Å². The lowest BCUT2D eigenvalue weighted by atomic mass is 10.1. The summed E-state index contributed by atoms with van der Waals surface area (Å²) in [6, 6.07) is 0. The molecule has 0 spiro atoms. The zero-order chi connectivity index (χ0) is 5.98. The second kappa shape index (κ2) is 2.46. The van der Waals surface area contributed by atoms with Crippen LogP contribution in [0.15, 0.2) is 0 Å². The third kappa shape index (κ3) is 1.20. The summed E-state index contributed by atoms with van der Waals surface area (Å²) < 4.78 is 0. The average molecular weight is 115 g/mol. The number of hydrogen-bond donors (Lipinski definition) is 0. The molecule has 0 aromatic carbocycles. The van der Waals surface area contributed by atoms with E-state index < -0.39 is 0 Å².